The van der Waals surface area contributed by atoms with Crippen molar-refractivity contribution in [3.05, 3.63) is 60.1 Å². The topological polar surface area (TPSA) is 109 Å². The van der Waals surface area contributed by atoms with Crippen molar-refractivity contribution in [1.29, 1.82) is 0 Å². The van der Waals surface area contributed by atoms with Crippen molar-refractivity contribution in [3.63, 3.8) is 0 Å². The van der Waals surface area contributed by atoms with E-state index in [0.29, 0.717) is 16.8 Å². The van der Waals surface area contributed by atoms with Crippen LogP contribution in [0.15, 0.2) is 43.0 Å². The third-order valence-corrected chi connectivity index (χ3v) is 4.60. The lowest BCUT2D eigenvalue weighted by Gasteiger charge is -2.14. The summed E-state index contributed by atoms with van der Waals surface area (Å²) in [6.07, 6.45) is 6.91. The van der Waals surface area contributed by atoms with Gasteiger partial charge in [-0.25, -0.2) is 14.4 Å². The Balaban J connectivity index is 1.80. The number of hydrogen-bond donors (Lipinski definition) is 2. The summed E-state index contributed by atoms with van der Waals surface area (Å²) in [5, 5.41) is 5.01. The number of anilines is 2. The molecule has 3 aromatic heterocycles. The number of aromatic nitrogens is 5. The van der Waals surface area contributed by atoms with E-state index in [0.717, 1.165) is 16.5 Å². The highest BCUT2D eigenvalue weighted by Gasteiger charge is 2.17. The van der Waals surface area contributed by atoms with Crippen molar-refractivity contribution in [2.75, 3.05) is 11.5 Å². The normalized spacial score (nSPS) is 12.4. The lowest BCUT2D eigenvalue weighted by molar-refractivity contribution is 0.602. The van der Waals surface area contributed by atoms with Gasteiger partial charge in [0.1, 0.15) is 5.82 Å². The lowest BCUT2D eigenvalue weighted by Crippen LogP contribution is -2.08. The number of rotatable bonds is 3. The van der Waals surface area contributed by atoms with Crippen molar-refractivity contribution in [3.8, 4) is 11.1 Å². The zero-order valence-corrected chi connectivity index (χ0v) is 14.9. The molecule has 0 saturated heterocycles. The van der Waals surface area contributed by atoms with Crippen molar-refractivity contribution in [2.45, 2.75) is 12.8 Å². The summed E-state index contributed by atoms with van der Waals surface area (Å²) < 4.78 is 16.4. The van der Waals surface area contributed by atoms with Crippen LogP contribution in [0, 0.1) is 5.82 Å². The minimum Gasteiger partial charge on any atom is -0.381 e. The number of halogens is 1. The molecule has 1 atom stereocenters. The second kappa shape index (κ2) is 6.31. The number of aryl methyl sites for hydroxylation is 1. The van der Waals surface area contributed by atoms with Crippen LogP contribution in [-0.4, -0.2) is 24.7 Å². The molecule has 4 aromatic rings. The van der Waals surface area contributed by atoms with Crippen LogP contribution >= 0.6 is 0 Å². The number of benzene rings is 1. The van der Waals surface area contributed by atoms with Crippen LogP contribution in [0.25, 0.3) is 22.0 Å². The first-order valence-corrected chi connectivity index (χ1v) is 8.38. The van der Waals surface area contributed by atoms with Gasteiger partial charge in [-0.15, -0.1) is 0 Å². The van der Waals surface area contributed by atoms with Gasteiger partial charge in [0.05, 0.1) is 23.6 Å². The molecule has 0 aliphatic carbocycles. The van der Waals surface area contributed by atoms with E-state index in [4.69, 9.17) is 11.5 Å². The van der Waals surface area contributed by atoms with Crippen LogP contribution in [-0.2, 0) is 7.05 Å². The number of pyridine rings is 1. The number of nitrogen functional groups attached to an aromatic ring is 2. The van der Waals surface area contributed by atoms with Gasteiger partial charge in [-0.1, -0.05) is 6.92 Å². The summed E-state index contributed by atoms with van der Waals surface area (Å²) in [6, 6.07) is 5.19. The Morgan fingerprint density at radius 1 is 1.00 bits per heavy atom. The van der Waals surface area contributed by atoms with Crippen LogP contribution < -0.4 is 11.5 Å². The molecule has 8 heteroatoms. The fourth-order valence-corrected chi connectivity index (χ4v) is 3.02. The standard InChI is InChI=1S/C19H18FN7/c1-10(17-8-24-18(21)19(22)26-17)14-4-11-3-12(13-7-25-27(2)9-13)6-23-16(11)5-15(14)20/h3-10H,1-2H3,(H2,21,24)(H2,22,26). The lowest BCUT2D eigenvalue weighted by atomic mass is 9.95. The maximum Gasteiger partial charge on any atom is 0.166 e. The molecule has 27 heavy (non-hydrogen) atoms. The molecule has 0 aliphatic rings. The summed E-state index contributed by atoms with van der Waals surface area (Å²) in [5.41, 5.74) is 14.8. The van der Waals surface area contributed by atoms with Crippen LogP contribution in [0.4, 0.5) is 16.0 Å². The zero-order chi connectivity index (χ0) is 19.1. The van der Waals surface area contributed by atoms with Crippen LogP contribution in [0.3, 0.4) is 0 Å². The highest BCUT2D eigenvalue weighted by molar-refractivity contribution is 5.84. The summed E-state index contributed by atoms with van der Waals surface area (Å²) in [5.74, 6) is -0.392. The maximum absolute atomic E-state index is 14.7. The molecule has 0 radical (unpaired) electrons. The molecule has 0 amide bonds. The smallest absolute Gasteiger partial charge is 0.166 e. The molecular weight excluding hydrogens is 345 g/mol. The Kier molecular flexibility index (Phi) is 3.95. The Labute approximate surface area is 154 Å². The van der Waals surface area contributed by atoms with Crippen molar-refractivity contribution < 1.29 is 4.39 Å². The van der Waals surface area contributed by atoms with Gasteiger partial charge >= 0.3 is 0 Å². The molecule has 0 aliphatic heterocycles. The van der Waals surface area contributed by atoms with E-state index in [-0.39, 0.29) is 23.4 Å². The average molecular weight is 363 g/mol. The van der Waals surface area contributed by atoms with Crippen LogP contribution in [0.2, 0.25) is 0 Å². The van der Waals surface area contributed by atoms with Crippen LogP contribution in [0.1, 0.15) is 24.1 Å². The average Bonchev–Trinajstić information content (AvgIpc) is 3.09. The quantitative estimate of drug-likeness (QED) is 0.579. The molecule has 7 nitrogen and oxygen atoms in total. The molecule has 136 valence electrons. The van der Waals surface area contributed by atoms with Crippen LogP contribution in [0.5, 0.6) is 0 Å². The fraction of sp³-hybridized carbons (Fsp3) is 0.158. The van der Waals surface area contributed by atoms with Crippen molar-refractivity contribution in [2.24, 2.45) is 7.05 Å². The first kappa shape index (κ1) is 16.9. The fourth-order valence-electron chi connectivity index (χ4n) is 3.02. The predicted molar refractivity (Wildman–Crippen MR) is 102 cm³/mol. The van der Waals surface area contributed by atoms with Gasteiger partial charge in [-0.05, 0) is 17.7 Å². The monoisotopic (exact) mass is 363 g/mol. The first-order valence-electron chi connectivity index (χ1n) is 8.38. The van der Waals surface area contributed by atoms with E-state index in [1.54, 1.807) is 23.1 Å². The van der Waals surface area contributed by atoms with E-state index < -0.39 is 0 Å². The largest absolute Gasteiger partial charge is 0.381 e. The second-order valence-electron chi connectivity index (χ2n) is 6.48. The Bertz CT molecular complexity index is 1150. The van der Waals surface area contributed by atoms with Gasteiger partial charge < -0.3 is 11.5 Å². The number of fused-ring (bicyclic) bond motifs is 1. The van der Waals surface area contributed by atoms with E-state index in [1.165, 1.54) is 12.3 Å². The predicted octanol–water partition coefficient (Wildman–Crippen LogP) is 2.88. The summed E-state index contributed by atoms with van der Waals surface area (Å²) in [7, 11) is 1.85. The van der Waals surface area contributed by atoms with Crippen molar-refractivity contribution in [1.82, 2.24) is 24.7 Å². The van der Waals surface area contributed by atoms with E-state index in [2.05, 4.69) is 20.1 Å². The number of nitrogens with two attached hydrogens (primary N) is 2. The molecule has 0 spiro atoms. The summed E-state index contributed by atoms with van der Waals surface area (Å²) >= 11 is 0. The molecule has 3 heterocycles. The SMILES string of the molecule is CC(c1cnc(N)c(N)n1)c1cc2cc(-c3cnn(C)c3)cnc2cc1F. The Morgan fingerprint density at radius 3 is 2.52 bits per heavy atom. The van der Waals surface area contributed by atoms with E-state index >= 15 is 0 Å². The molecule has 0 saturated carbocycles. The molecule has 4 N–H and O–H groups in total. The number of hydrogen-bond acceptors (Lipinski definition) is 6. The first-order chi connectivity index (χ1) is 12.9. The van der Waals surface area contributed by atoms with E-state index in [9.17, 15) is 4.39 Å². The molecule has 0 bridgehead atoms. The van der Waals surface area contributed by atoms with Gasteiger partial charge in [0.25, 0.3) is 0 Å². The Morgan fingerprint density at radius 2 is 1.81 bits per heavy atom. The Hall–Kier alpha value is -3.55. The summed E-state index contributed by atoms with van der Waals surface area (Å²) in [4.78, 5) is 12.6. The third-order valence-electron chi connectivity index (χ3n) is 4.60. The molecule has 4 rings (SSSR count). The van der Waals surface area contributed by atoms with Gasteiger partial charge in [0.15, 0.2) is 11.6 Å². The van der Waals surface area contributed by atoms with Gasteiger partial charge in [0, 0.05) is 47.9 Å². The summed E-state index contributed by atoms with van der Waals surface area (Å²) in [6.45, 7) is 1.85. The van der Waals surface area contributed by atoms with Crippen molar-refractivity contribution >= 4 is 22.5 Å². The number of nitrogens with zero attached hydrogens (tertiary/aromatic N) is 5. The van der Waals surface area contributed by atoms with E-state index in [1.807, 2.05) is 26.2 Å². The molecule has 1 aromatic carbocycles. The maximum atomic E-state index is 14.7. The second-order valence-corrected chi connectivity index (χ2v) is 6.48. The highest BCUT2D eigenvalue weighted by atomic mass is 19.1. The zero-order valence-electron chi connectivity index (χ0n) is 14.9. The minimum absolute atomic E-state index is 0.140. The van der Waals surface area contributed by atoms with Gasteiger partial charge in [-0.3, -0.25) is 9.67 Å². The van der Waals surface area contributed by atoms with Gasteiger partial charge in [-0.2, -0.15) is 5.10 Å². The van der Waals surface area contributed by atoms with Gasteiger partial charge in [0.2, 0.25) is 0 Å². The minimum atomic E-state index is -0.353. The molecular formula is C19H18FN7. The molecule has 1 unspecified atom stereocenters. The molecule has 0 fully saturated rings. The highest BCUT2D eigenvalue weighted by Crippen LogP contribution is 2.30. The third kappa shape index (κ3) is 3.05.